The average Bonchev–Trinajstić information content (AvgIpc) is 2.40. The van der Waals surface area contributed by atoms with Crippen molar-refractivity contribution < 1.29 is 0 Å². The number of rotatable bonds is 5. The molecule has 0 aromatic heterocycles. The minimum atomic E-state index is 0.468. The van der Waals surface area contributed by atoms with Crippen LogP contribution in [0.5, 0.6) is 0 Å². The van der Waals surface area contributed by atoms with Gasteiger partial charge in [0, 0.05) is 24.7 Å². The van der Waals surface area contributed by atoms with E-state index < -0.39 is 0 Å². The van der Waals surface area contributed by atoms with Gasteiger partial charge in [0.1, 0.15) is 0 Å². The van der Waals surface area contributed by atoms with Gasteiger partial charge < -0.3 is 5.32 Å². The summed E-state index contributed by atoms with van der Waals surface area (Å²) in [6.07, 6.45) is 11.2. The first-order valence-corrected chi connectivity index (χ1v) is 8.66. The monoisotopic (exact) mass is 266 g/mol. The van der Waals surface area contributed by atoms with Crippen LogP contribution in [0.1, 0.15) is 72.1 Å². The second kappa shape index (κ2) is 7.08. The molecule has 1 aliphatic heterocycles. The summed E-state index contributed by atoms with van der Waals surface area (Å²) >= 11 is 0. The number of piperazine rings is 1. The van der Waals surface area contributed by atoms with Crippen molar-refractivity contribution >= 4 is 0 Å². The van der Waals surface area contributed by atoms with Crippen LogP contribution in [0.25, 0.3) is 0 Å². The van der Waals surface area contributed by atoms with Crippen LogP contribution in [0.15, 0.2) is 0 Å². The lowest BCUT2D eigenvalue weighted by molar-refractivity contribution is 0.0355. The average molecular weight is 266 g/mol. The van der Waals surface area contributed by atoms with E-state index in [1.54, 1.807) is 0 Å². The Kier molecular flexibility index (Phi) is 5.70. The van der Waals surface area contributed by atoms with Crippen LogP contribution >= 0.6 is 0 Å². The number of hydrogen-bond acceptors (Lipinski definition) is 2. The fraction of sp³-hybridized carbons (Fsp3) is 1.00. The highest BCUT2D eigenvalue weighted by atomic mass is 15.3. The zero-order valence-corrected chi connectivity index (χ0v) is 13.4. The van der Waals surface area contributed by atoms with Crippen molar-refractivity contribution in [2.24, 2.45) is 5.92 Å². The molecule has 1 unspecified atom stereocenters. The Bertz CT molecular complexity index is 256. The third kappa shape index (κ3) is 3.95. The SMILES string of the molecule is CCCCCN1CC2(CCCCC2)NCC1C(C)C. The molecule has 0 aromatic rings. The highest BCUT2D eigenvalue weighted by Gasteiger charge is 2.40. The Morgan fingerprint density at radius 3 is 2.53 bits per heavy atom. The van der Waals surface area contributed by atoms with Crippen molar-refractivity contribution in [3.8, 4) is 0 Å². The maximum atomic E-state index is 3.94. The van der Waals surface area contributed by atoms with E-state index in [1.807, 2.05) is 0 Å². The fourth-order valence-corrected chi connectivity index (χ4v) is 4.04. The third-order valence-electron chi connectivity index (χ3n) is 5.29. The summed E-state index contributed by atoms with van der Waals surface area (Å²) < 4.78 is 0. The lowest BCUT2D eigenvalue weighted by Crippen LogP contribution is -2.65. The van der Waals surface area contributed by atoms with E-state index in [0.29, 0.717) is 5.54 Å². The van der Waals surface area contributed by atoms with Crippen molar-refractivity contribution in [1.29, 1.82) is 0 Å². The summed E-state index contributed by atoms with van der Waals surface area (Å²) in [6, 6.07) is 0.754. The molecule has 0 radical (unpaired) electrons. The fourth-order valence-electron chi connectivity index (χ4n) is 4.04. The van der Waals surface area contributed by atoms with Gasteiger partial charge >= 0.3 is 0 Å². The molecule has 0 aromatic carbocycles. The van der Waals surface area contributed by atoms with E-state index in [2.05, 4.69) is 31.0 Å². The highest BCUT2D eigenvalue weighted by Crippen LogP contribution is 2.33. The van der Waals surface area contributed by atoms with Gasteiger partial charge in [-0.05, 0) is 31.7 Å². The van der Waals surface area contributed by atoms with Gasteiger partial charge in [-0.2, -0.15) is 0 Å². The normalized spacial score (nSPS) is 28.1. The summed E-state index contributed by atoms with van der Waals surface area (Å²) in [4.78, 5) is 2.82. The molecule has 2 fully saturated rings. The Balaban J connectivity index is 1.95. The minimum Gasteiger partial charge on any atom is -0.308 e. The van der Waals surface area contributed by atoms with Gasteiger partial charge in [-0.25, -0.2) is 0 Å². The van der Waals surface area contributed by atoms with Crippen LogP contribution in [0.2, 0.25) is 0 Å². The first-order valence-electron chi connectivity index (χ1n) is 8.66. The topological polar surface area (TPSA) is 15.3 Å². The first-order chi connectivity index (χ1) is 9.17. The molecule has 1 spiro atoms. The Hall–Kier alpha value is -0.0800. The van der Waals surface area contributed by atoms with Crippen LogP contribution in [0, 0.1) is 5.92 Å². The van der Waals surface area contributed by atoms with Gasteiger partial charge in [-0.15, -0.1) is 0 Å². The molecule has 0 amide bonds. The molecule has 1 atom stereocenters. The van der Waals surface area contributed by atoms with Crippen molar-refractivity contribution in [2.45, 2.75) is 83.7 Å². The molecule has 1 aliphatic carbocycles. The lowest BCUT2D eigenvalue weighted by Gasteiger charge is -2.51. The van der Waals surface area contributed by atoms with E-state index in [-0.39, 0.29) is 0 Å². The molecule has 2 aliphatic rings. The molecule has 2 rings (SSSR count). The predicted molar refractivity (Wildman–Crippen MR) is 83.5 cm³/mol. The minimum absolute atomic E-state index is 0.468. The number of nitrogens with zero attached hydrogens (tertiary/aromatic N) is 1. The van der Waals surface area contributed by atoms with E-state index in [0.717, 1.165) is 12.0 Å². The van der Waals surface area contributed by atoms with Gasteiger partial charge in [0.15, 0.2) is 0 Å². The van der Waals surface area contributed by atoms with Gasteiger partial charge in [0.25, 0.3) is 0 Å². The molecule has 1 saturated heterocycles. The Morgan fingerprint density at radius 1 is 1.16 bits per heavy atom. The molecule has 2 nitrogen and oxygen atoms in total. The van der Waals surface area contributed by atoms with E-state index in [9.17, 15) is 0 Å². The molecule has 1 heterocycles. The van der Waals surface area contributed by atoms with Crippen LogP contribution in [0.4, 0.5) is 0 Å². The van der Waals surface area contributed by atoms with E-state index >= 15 is 0 Å². The summed E-state index contributed by atoms with van der Waals surface area (Å²) in [5.74, 6) is 0.773. The lowest BCUT2D eigenvalue weighted by atomic mass is 9.78. The van der Waals surface area contributed by atoms with Crippen LogP contribution in [-0.2, 0) is 0 Å². The molecule has 0 bridgehead atoms. The summed E-state index contributed by atoms with van der Waals surface area (Å²) in [6.45, 7) is 10.9. The number of nitrogens with one attached hydrogen (secondary N) is 1. The smallest absolute Gasteiger partial charge is 0.0309 e. The molecular formula is C17H34N2. The van der Waals surface area contributed by atoms with Crippen molar-refractivity contribution in [3.05, 3.63) is 0 Å². The molecular weight excluding hydrogens is 232 g/mol. The van der Waals surface area contributed by atoms with Crippen molar-refractivity contribution in [3.63, 3.8) is 0 Å². The zero-order valence-electron chi connectivity index (χ0n) is 13.4. The van der Waals surface area contributed by atoms with Crippen LogP contribution < -0.4 is 5.32 Å². The first kappa shape index (κ1) is 15.3. The molecule has 19 heavy (non-hydrogen) atoms. The second-order valence-electron chi connectivity index (χ2n) is 7.21. The maximum Gasteiger partial charge on any atom is 0.0309 e. The van der Waals surface area contributed by atoms with Crippen molar-refractivity contribution in [1.82, 2.24) is 10.2 Å². The number of hydrogen-bond donors (Lipinski definition) is 1. The van der Waals surface area contributed by atoms with Gasteiger partial charge in [-0.1, -0.05) is 52.9 Å². The standard InChI is InChI=1S/C17H34N2/c1-4-5-9-12-19-14-17(10-7-6-8-11-17)18-13-16(19)15(2)3/h15-16,18H,4-14H2,1-3H3. The Morgan fingerprint density at radius 2 is 1.89 bits per heavy atom. The van der Waals surface area contributed by atoms with Crippen LogP contribution in [0.3, 0.4) is 0 Å². The zero-order chi connectivity index (χ0) is 13.7. The highest BCUT2D eigenvalue weighted by molar-refractivity contribution is 5.00. The quantitative estimate of drug-likeness (QED) is 0.761. The second-order valence-corrected chi connectivity index (χ2v) is 7.21. The number of unbranched alkanes of at least 4 members (excludes halogenated alkanes) is 2. The summed E-state index contributed by atoms with van der Waals surface area (Å²) in [5.41, 5.74) is 0.468. The summed E-state index contributed by atoms with van der Waals surface area (Å²) in [7, 11) is 0. The largest absolute Gasteiger partial charge is 0.308 e. The molecule has 112 valence electrons. The van der Waals surface area contributed by atoms with Gasteiger partial charge in [-0.3, -0.25) is 4.90 Å². The molecule has 2 heteroatoms. The third-order valence-corrected chi connectivity index (χ3v) is 5.29. The van der Waals surface area contributed by atoms with Gasteiger partial charge in [0.2, 0.25) is 0 Å². The predicted octanol–water partition coefficient (Wildman–Crippen LogP) is 3.81. The maximum absolute atomic E-state index is 3.94. The molecule has 1 N–H and O–H groups in total. The van der Waals surface area contributed by atoms with Gasteiger partial charge in [0.05, 0.1) is 0 Å². The van der Waals surface area contributed by atoms with E-state index in [1.165, 1.54) is 71.0 Å². The Labute approximate surface area is 120 Å². The summed E-state index contributed by atoms with van der Waals surface area (Å²) in [5, 5.41) is 3.94. The van der Waals surface area contributed by atoms with Crippen molar-refractivity contribution in [2.75, 3.05) is 19.6 Å². The van der Waals surface area contributed by atoms with E-state index in [4.69, 9.17) is 0 Å². The van der Waals surface area contributed by atoms with Crippen LogP contribution in [-0.4, -0.2) is 36.1 Å². The molecule has 1 saturated carbocycles.